The Morgan fingerprint density at radius 2 is 2.05 bits per heavy atom. The van der Waals surface area contributed by atoms with Gasteiger partial charge >= 0.3 is 0 Å². The van der Waals surface area contributed by atoms with Crippen molar-refractivity contribution >= 4 is 11.6 Å². The number of nitrogens with one attached hydrogen (secondary N) is 1. The quantitative estimate of drug-likeness (QED) is 0.851. The number of para-hydroxylation sites is 1. The summed E-state index contributed by atoms with van der Waals surface area (Å²) < 4.78 is 31.6. The Kier molecular flexibility index (Phi) is 4.37. The molecule has 21 heavy (non-hydrogen) atoms. The fraction of sp³-hybridized carbons (Fsp3) is 0.133. The molecule has 0 unspecified atom stereocenters. The molecule has 0 aliphatic carbocycles. The number of hydrogen-bond acceptors (Lipinski definition) is 3. The summed E-state index contributed by atoms with van der Waals surface area (Å²) in [6, 6.07) is 7.80. The van der Waals surface area contributed by atoms with Crippen LogP contribution >= 0.6 is 0 Å². The lowest BCUT2D eigenvalue weighted by Crippen LogP contribution is -2.24. The highest BCUT2D eigenvalue weighted by molar-refractivity contribution is 5.98. The normalized spacial score (nSPS) is 10.2. The van der Waals surface area contributed by atoms with E-state index in [4.69, 9.17) is 10.5 Å². The van der Waals surface area contributed by atoms with Gasteiger partial charge in [0, 0.05) is 12.1 Å². The summed E-state index contributed by atoms with van der Waals surface area (Å²) in [5, 5.41) is 2.50. The minimum atomic E-state index is -0.587. The fourth-order valence-corrected chi connectivity index (χ4v) is 1.91. The second-order valence-corrected chi connectivity index (χ2v) is 4.35. The van der Waals surface area contributed by atoms with Crippen molar-refractivity contribution in [3.63, 3.8) is 0 Å². The van der Waals surface area contributed by atoms with Crippen LogP contribution < -0.4 is 15.8 Å². The van der Waals surface area contributed by atoms with E-state index in [1.807, 2.05) is 0 Å². The lowest BCUT2D eigenvalue weighted by molar-refractivity contribution is 0.0947. The summed E-state index contributed by atoms with van der Waals surface area (Å²) in [6.45, 7) is -0.139. The van der Waals surface area contributed by atoms with Gasteiger partial charge in [-0.15, -0.1) is 0 Å². The van der Waals surface area contributed by atoms with E-state index in [0.29, 0.717) is 5.69 Å². The SMILES string of the molecule is COc1c(N)cccc1C(=O)NCc1cc(F)ccc1F. The summed E-state index contributed by atoms with van der Waals surface area (Å²) in [5.41, 5.74) is 6.32. The molecule has 0 fully saturated rings. The van der Waals surface area contributed by atoms with Crippen LogP contribution in [0.2, 0.25) is 0 Å². The van der Waals surface area contributed by atoms with E-state index >= 15 is 0 Å². The van der Waals surface area contributed by atoms with Crippen LogP contribution in [-0.2, 0) is 6.54 Å². The van der Waals surface area contributed by atoms with Gasteiger partial charge in [-0.1, -0.05) is 6.07 Å². The third-order valence-corrected chi connectivity index (χ3v) is 2.94. The van der Waals surface area contributed by atoms with Crippen LogP contribution in [-0.4, -0.2) is 13.0 Å². The number of methoxy groups -OCH3 is 1. The molecule has 0 aliphatic rings. The molecular formula is C15H14F2N2O2. The van der Waals surface area contributed by atoms with Crippen molar-refractivity contribution in [3.8, 4) is 5.75 Å². The van der Waals surface area contributed by atoms with Gasteiger partial charge in [-0.25, -0.2) is 8.78 Å². The molecule has 1 amide bonds. The highest BCUT2D eigenvalue weighted by Crippen LogP contribution is 2.25. The summed E-state index contributed by atoms with van der Waals surface area (Å²) in [7, 11) is 1.40. The number of nitrogen functional groups attached to an aromatic ring is 1. The van der Waals surface area contributed by atoms with Crippen molar-refractivity contribution in [3.05, 3.63) is 59.2 Å². The topological polar surface area (TPSA) is 64.3 Å². The summed E-state index contributed by atoms with van der Waals surface area (Å²) in [6.07, 6.45) is 0. The Morgan fingerprint density at radius 3 is 2.76 bits per heavy atom. The monoisotopic (exact) mass is 292 g/mol. The third-order valence-electron chi connectivity index (χ3n) is 2.94. The predicted octanol–water partition coefficient (Wildman–Crippen LogP) is 2.49. The van der Waals surface area contributed by atoms with Crippen LogP contribution in [0.5, 0.6) is 5.75 Å². The molecule has 2 aromatic carbocycles. The maximum Gasteiger partial charge on any atom is 0.255 e. The number of halogens is 2. The van der Waals surface area contributed by atoms with Crippen LogP contribution in [0.1, 0.15) is 15.9 Å². The van der Waals surface area contributed by atoms with Gasteiger partial charge in [0.05, 0.1) is 18.4 Å². The van der Waals surface area contributed by atoms with Crippen molar-refractivity contribution in [2.24, 2.45) is 0 Å². The zero-order valence-corrected chi connectivity index (χ0v) is 11.3. The first-order valence-electron chi connectivity index (χ1n) is 6.17. The van der Waals surface area contributed by atoms with Gasteiger partial charge in [0.2, 0.25) is 0 Å². The number of rotatable bonds is 4. The molecule has 0 atom stereocenters. The van der Waals surface area contributed by atoms with Gasteiger partial charge in [0.25, 0.3) is 5.91 Å². The molecule has 0 aliphatic heterocycles. The molecule has 0 saturated heterocycles. The highest BCUT2D eigenvalue weighted by atomic mass is 19.1. The number of anilines is 1. The van der Waals surface area contributed by atoms with Crippen LogP contribution in [0, 0.1) is 11.6 Å². The van der Waals surface area contributed by atoms with Gasteiger partial charge in [0.15, 0.2) is 5.75 Å². The van der Waals surface area contributed by atoms with E-state index in [2.05, 4.69) is 5.32 Å². The van der Waals surface area contributed by atoms with E-state index in [1.54, 1.807) is 12.1 Å². The minimum Gasteiger partial charge on any atom is -0.494 e. The molecule has 4 nitrogen and oxygen atoms in total. The Labute approximate surface area is 120 Å². The van der Waals surface area contributed by atoms with E-state index in [9.17, 15) is 13.6 Å². The van der Waals surface area contributed by atoms with Crippen LogP contribution in [0.25, 0.3) is 0 Å². The van der Waals surface area contributed by atoms with Crippen LogP contribution in [0.4, 0.5) is 14.5 Å². The highest BCUT2D eigenvalue weighted by Gasteiger charge is 2.14. The average molecular weight is 292 g/mol. The maximum atomic E-state index is 13.5. The van der Waals surface area contributed by atoms with E-state index < -0.39 is 17.5 Å². The number of nitrogens with two attached hydrogens (primary N) is 1. The van der Waals surface area contributed by atoms with Gasteiger partial charge < -0.3 is 15.8 Å². The number of hydrogen-bond donors (Lipinski definition) is 2. The molecule has 0 spiro atoms. The molecule has 6 heteroatoms. The molecule has 2 aromatic rings. The maximum absolute atomic E-state index is 13.5. The summed E-state index contributed by atoms with van der Waals surface area (Å²) >= 11 is 0. The predicted molar refractivity (Wildman–Crippen MR) is 74.9 cm³/mol. The van der Waals surface area contributed by atoms with Gasteiger partial charge in [-0.2, -0.15) is 0 Å². The zero-order valence-electron chi connectivity index (χ0n) is 11.3. The number of amides is 1. The molecule has 110 valence electrons. The standard InChI is InChI=1S/C15H14F2N2O2/c1-21-14-11(3-2-4-13(14)18)15(20)19-8-9-7-10(16)5-6-12(9)17/h2-7H,8,18H2,1H3,(H,19,20). The Balaban J connectivity index is 2.16. The van der Waals surface area contributed by atoms with Crippen LogP contribution in [0.3, 0.4) is 0 Å². The van der Waals surface area contributed by atoms with E-state index in [0.717, 1.165) is 18.2 Å². The van der Waals surface area contributed by atoms with Crippen molar-refractivity contribution in [1.29, 1.82) is 0 Å². The molecular weight excluding hydrogens is 278 g/mol. The lowest BCUT2D eigenvalue weighted by atomic mass is 10.1. The van der Waals surface area contributed by atoms with E-state index in [-0.39, 0.29) is 23.4 Å². The molecule has 0 aromatic heterocycles. The molecule has 0 radical (unpaired) electrons. The Hall–Kier alpha value is -2.63. The van der Waals surface area contributed by atoms with Crippen molar-refractivity contribution < 1.29 is 18.3 Å². The Bertz CT molecular complexity index is 675. The summed E-state index contributed by atoms with van der Waals surface area (Å²) in [5.74, 6) is -1.39. The lowest BCUT2D eigenvalue weighted by Gasteiger charge is -2.11. The number of benzene rings is 2. The van der Waals surface area contributed by atoms with Gasteiger partial charge in [-0.05, 0) is 30.3 Å². The largest absolute Gasteiger partial charge is 0.494 e. The second kappa shape index (κ2) is 6.21. The first-order valence-corrected chi connectivity index (χ1v) is 6.17. The van der Waals surface area contributed by atoms with Crippen LogP contribution in [0.15, 0.2) is 36.4 Å². The first kappa shape index (κ1) is 14.8. The summed E-state index contributed by atoms with van der Waals surface area (Å²) in [4.78, 5) is 12.1. The van der Waals surface area contributed by atoms with Crippen molar-refractivity contribution in [1.82, 2.24) is 5.32 Å². The van der Waals surface area contributed by atoms with E-state index in [1.165, 1.54) is 13.2 Å². The van der Waals surface area contributed by atoms with Crippen molar-refractivity contribution in [2.75, 3.05) is 12.8 Å². The molecule has 2 rings (SSSR count). The van der Waals surface area contributed by atoms with Gasteiger partial charge in [0.1, 0.15) is 11.6 Å². The average Bonchev–Trinajstić information content (AvgIpc) is 2.47. The van der Waals surface area contributed by atoms with Gasteiger partial charge in [-0.3, -0.25) is 4.79 Å². The third kappa shape index (κ3) is 3.28. The minimum absolute atomic E-state index is 0.0613. The second-order valence-electron chi connectivity index (χ2n) is 4.35. The number of ether oxygens (including phenoxy) is 1. The molecule has 0 bridgehead atoms. The first-order chi connectivity index (χ1) is 10.0. The smallest absolute Gasteiger partial charge is 0.255 e. The number of carbonyl (C=O) groups is 1. The zero-order chi connectivity index (χ0) is 15.4. The molecule has 0 saturated carbocycles. The fourth-order valence-electron chi connectivity index (χ4n) is 1.91. The number of carbonyl (C=O) groups excluding carboxylic acids is 1. The molecule has 0 heterocycles. The van der Waals surface area contributed by atoms with Crippen molar-refractivity contribution in [2.45, 2.75) is 6.54 Å². The molecule has 3 N–H and O–H groups in total. The Morgan fingerprint density at radius 1 is 1.29 bits per heavy atom.